The van der Waals surface area contributed by atoms with Crippen molar-refractivity contribution in [2.75, 3.05) is 12.8 Å². The van der Waals surface area contributed by atoms with E-state index in [0.717, 1.165) is 31.5 Å². The van der Waals surface area contributed by atoms with Gasteiger partial charge in [-0.1, -0.05) is 0 Å². The summed E-state index contributed by atoms with van der Waals surface area (Å²) < 4.78 is 18.3. The van der Waals surface area contributed by atoms with E-state index in [1.54, 1.807) is 7.11 Å². The molecule has 5 nitrogen and oxygen atoms in total. The molecule has 6 heteroatoms. The Bertz CT molecular complexity index is 453. The van der Waals surface area contributed by atoms with Crippen molar-refractivity contribution in [3.8, 4) is 0 Å². The van der Waals surface area contributed by atoms with Crippen LogP contribution in [0.3, 0.4) is 0 Å². The number of nitrogen functional groups attached to an aromatic ring is 1. The Morgan fingerprint density at radius 2 is 2.39 bits per heavy atom. The lowest BCUT2D eigenvalue weighted by atomic mass is 10.1. The molecule has 2 atom stereocenters. The molecular weight excluding hydrogens is 237 g/mol. The number of aromatic nitrogens is 1. The van der Waals surface area contributed by atoms with Gasteiger partial charge in [-0.25, -0.2) is 9.37 Å². The number of hydrogen-bond acceptors (Lipinski definition) is 4. The van der Waals surface area contributed by atoms with Crippen molar-refractivity contribution in [3.05, 3.63) is 23.6 Å². The summed E-state index contributed by atoms with van der Waals surface area (Å²) in [7, 11) is 1.62. The highest BCUT2D eigenvalue weighted by molar-refractivity contribution is 5.98. The van der Waals surface area contributed by atoms with Crippen molar-refractivity contribution in [1.82, 2.24) is 10.3 Å². The number of ether oxygens (including phenoxy) is 1. The minimum atomic E-state index is -0.580. The smallest absolute Gasteiger partial charge is 0.255 e. The van der Waals surface area contributed by atoms with Crippen molar-refractivity contribution < 1.29 is 13.9 Å². The van der Waals surface area contributed by atoms with E-state index < -0.39 is 11.7 Å². The topological polar surface area (TPSA) is 77.2 Å². The van der Waals surface area contributed by atoms with Crippen molar-refractivity contribution >= 4 is 11.7 Å². The zero-order chi connectivity index (χ0) is 13.1. The Kier molecular flexibility index (Phi) is 3.76. The van der Waals surface area contributed by atoms with Gasteiger partial charge in [0.1, 0.15) is 11.6 Å². The second-order valence-electron chi connectivity index (χ2n) is 4.37. The zero-order valence-corrected chi connectivity index (χ0v) is 10.1. The molecule has 98 valence electrons. The molecule has 0 saturated heterocycles. The fraction of sp³-hybridized carbons (Fsp3) is 0.500. The number of halogens is 1. The third-order valence-corrected chi connectivity index (χ3v) is 3.20. The second-order valence-corrected chi connectivity index (χ2v) is 4.37. The SMILES string of the molecule is COC1CCCC1NC(=O)c1cc(F)cnc1N. The van der Waals surface area contributed by atoms with E-state index >= 15 is 0 Å². The fourth-order valence-corrected chi connectivity index (χ4v) is 2.25. The third kappa shape index (κ3) is 2.59. The minimum Gasteiger partial charge on any atom is -0.383 e. The predicted octanol–water partition coefficient (Wildman–Crippen LogP) is 1.10. The van der Waals surface area contributed by atoms with E-state index in [1.165, 1.54) is 0 Å². The molecule has 1 aliphatic rings. The molecule has 2 unspecified atom stereocenters. The van der Waals surface area contributed by atoms with Crippen LogP contribution in [0.5, 0.6) is 0 Å². The fourth-order valence-electron chi connectivity index (χ4n) is 2.25. The summed E-state index contributed by atoms with van der Waals surface area (Å²) in [5.41, 5.74) is 5.63. The number of rotatable bonds is 3. The van der Waals surface area contributed by atoms with Gasteiger partial charge in [-0.15, -0.1) is 0 Å². The Balaban J connectivity index is 2.09. The van der Waals surface area contributed by atoms with Gasteiger partial charge in [-0.3, -0.25) is 4.79 Å². The molecule has 18 heavy (non-hydrogen) atoms. The summed E-state index contributed by atoms with van der Waals surface area (Å²) in [5, 5.41) is 2.81. The number of nitrogens with zero attached hydrogens (tertiary/aromatic N) is 1. The van der Waals surface area contributed by atoms with E-state index in [0.29, 0.717) is 0 Å². The van der Waals surface area contributed by atoms with Crippen LogP contribution in [-0.4, -0.2) is 30.1 Å². The summed E-state index contributed by atoms with van der Waals surface area (Å²) in [6, 6.07) is 1.04. The number of anilines is 1. The highest BCUT2D eigenvalue weighted by Crippen LogP contribution is 2.22. The first-order valence-corrected chi connectivity index (χ1v) is 5.86. The quantitative estimate of drug-likeness (QED) is 0.845. The first kappa shape index (κ1) is 12.8. The van der Waals surface area contributed by atoms with Crippen molar-refractivity contribution in [1.29, 1.82) is 0 Å². The Morgan fingerprint density at radius 3 is 3.11 bits per heavy atom. The predicted molar refractivity (Wildman–Crippen MR) is 64.5 cm³/mol. The molecule has 0 bridgehead atoms. The molecule has 3 N–H and O–H groups in total. The number of methoxy groups -OCH3 is 1. The Labute approximate surface area is 105 Å². The number of amides is 1. The van der Waals surface area contributed by atoms with Crippen LogP contribution in [0.15, 0.2) is 12.3 Å². The number of carbonyl (C=O) groups is 1. The van der Waals surface area contributed by atoms with E-state index in [9.17, 15) is 9.18 Å². The van der Waals surface area contributed by atoms with E-state index in [-0.39, 0.29) is 23.5 Å². The Morgan fingerprint density at radius 1 is 1.61 bits per heavy atom. The highest BCUT2D eigenvalue weighted by atomic mass is 19.1. The van der Waals surface area contributed by atoms with Crippen LogP contribution in [0.2, 0.25) is 0 Å². The molecule has 1 fully saturated rings. The average molecular weight is 253 g/mol. The molecular formula is C12H16FN3O2. The maximum Gasteiger partial charge on any atom is 0.255 e. The first-order valence-electron chi connectivity index (χ1n) is 5.86. The van der Waals surface area contributed by atoms with Gasteiger partial charge in [0.25, 0.3) is 5.91 Å². The largest absolute Gasteiger partial charge is 0.383 e. The lowest BCUT2D eigenvalue weighted by Gasteiger charge is -2.19. The third-order valence-electron chi connectivity index (χ3n) is 3.20. The highest BCUT2D eigenvalue weighted by Gasteiger charge is 2.29. The maximum absolute atomic E-state index is 13.0. The van der Waals surface area contributed by atoms with Crippen LogP contribution >= 0.6 is 0 Å². The molecule has 1 amide bonds. The zero-order valence-electron chi connectivity index (χ0n) is 10.1. The van der Waals surface area contributed by atoms with E-state index in [2.05, 4.69) is 10.3 Å². The Hall–Kier alpha value is -1.69. The summed E-state index contributed by atoms with van der Waals surface area (Å²) in [4.78, 5) is 15.6. The van der Waals surface area contributed by atoms with Crippen LogP contribution < -0.4 is 11.1 Å². The number of nitrogens with two attached hydrogens (primary N) is 1. The van der Waals surface area contributed by atoms with Crippen molar-refractivity contribution in [2.24, 2.45) is 0 Å². The van der Waals surface area contributed by atoms with Crippen LogP contribution in [0.1, 0.15) is 29.6 Å². The number of nitrogens with one attached hydrogen (secondary N) is 1. The van der Waals surface area contributed by atoms with Gasteiger partial charge in [0, 0.05) is 7.11 Å². The summed E-state index contributed by atoms with van der Waals surface area (Å²) in [5.74, 6) is -0.960. The molecule has 1 saturated carbocycles. The molecule has 0 radical (unpaired) electrons. The molecule has 1 aliphatic carbocycles. The van der Waals surface area contributed by atoms with E-state index in [4.69, 9.17) is 10.5 Å². The van der Waals surface area contributed by atoms with Crippen molar-refractivity contribution in [3.63, 3.8) is 0 Å². The molecule has 0 spiro atoms. The van der Waals surface area contributed by atoms with Gasteiger partial charge in [-0.05, 0) is 25.3 Å². The molecule has 1 aromatic rings. The monoisotopic (exact) mass is 253 g/mol. The summed E-state index contributed by atoms with van der Waals surface area (Å²) >= 11 is 0. The minimum absolute atomic E-state index is 0.0108. The van der Waals surface area contributed by atoms with Crippen LogP contribution in [0.4, 0.5) is 10.2 Å². The summed E-state index contributed by atoms with van der Waals surface area (Å²) in [6.07, 6.45) is 3.77. The average Bonchev–Trinajstić information content (AvgIpc) is 2.79. The van der Waals surface area contributed by atoms with Gasteiger partial charge in [0.05, 0.1) is 23.9 Å². The summed E-state index contributed by atoms with van der Waals surface area (Å²) in [6.45, 7) is 0. The van der Waals surface area contributed by atoms with Gasteiger partial charge < -0.3 is 15.8 Å². The second kappa shape index (κ2) is 5.30. The van der Waals surface area contributed by atoms with Gasteiger partial charge >= 0.3 is 0 Å². The lowest BCUT2D eigenvalue weighted by molar-refractivity contribution is 0.0722. The molecule has 0 aliphatic heterocycles. The number of pyridine rings is 1. The molecule has 1 aromatic heterocycles. The van der Waals surface area contributed by atoms with Gasteiger partial charge in [-0.2, -0.15) is 0 Å². The van der Waals surface area contributed by atoms with Crippen LogP contribution in [0.25, 0.3) is 0 Å². The number of hydrogen-bond donors (Lipinski definition) is 2. The lowest BCUT2D eigenvalue weighted by Crippen LogP contribution is -2.41. The van der Waals surface area contributed by atoms with E-state index in [1.807, 2.05) is 0 Å². The normalized spacial score (nSPS) is 23.0. The molecule has 1 heterocycles. The van der Waals surface area contributed by atoms with Gasteiger partial charge in [0.15, 0.2) is 0 Å². The standard InChI is InChI=1S/C12H16FN3O2/c1-18-10-4-2-3-9(10)16-12(17)8-5-7(13)6-15-11(8)14/h5-6,9-10H,2-4H2,1H3,(H2,14,15)(H,16,17). The van der Waals surface area contributed by atoms with Gasteiger partial charge in [0.2, 0.25) is 0 Å². The van der Waals surface area contributed by atoms with Crippen molar-refractivity contribution in [2.45, 2.75) is 31.4 Å². The molecule has 2 rings (SSSR count). The first-order chi connectivity index (χ1) is 8.61. The number of carbonyl (C=O) groups excluding carboxylic acids is 1. The molecule has 0 aromatic carbocycles. The van der Waals surface area contributed by atoms with Crippen LogP contribution in [0, 0.1) is 5.82 Å². The maximum atomic E-state index is 13.0. The van der Waals surface area contributed by atoms with Crippen LogP contribution in [-0.2, 0) is 4.74 Å².